The molecule has 1 amide bonds. The molecule has 0 radical (unpaired) electrons. The number of likely N-dealkylation sites (tertiary alicyclic amines) is 1. The van der Waals surface area contributed by atoms with E-state index in [0.717, 1.165) is 4.90 Å². The second-order valence-electron chi connectivity index (χ2n) is 3.20. The van der Waals surface area contributed by atoms with Crippen molar-refractivity contribution in [2.45, 2.75) is 18.7 Å². The molecular weight excluding hydrogens is 229 g/mol. The maximum atomic E-state index is 13.2. The van der Waals surface area contributed by atoms with Crippen LogP contribution in [0.2, 0.25) is 0 Å². The van der Waals surface area contributed by atoms with Gasteiger partial charge >= 0.3 is 6.09 Å². The number of carbonyl (C=O) groups is 1. The Hall–Kier alpha value is -0.890. The minimum Gasteiger partial charge on any atom is -0.465 e. The van der Waals surface area contributed by atoms with Crippen molar-refractivity contribution in [3.8, 4) is 0 Å². The number of amides is 1. The lowest BCUT2D eigenvalue weighted by molar-refractivity contribution is -0.0271. The molecule has 1 rings (SSSR count). The zero-order valence-electron chi connectivity index (χ0n) is 7.84. The van der Waals surface area contributed by atoms with E-state index in [0.29, 0.717) is 0 Å². The first kappa shape index (κ1) is 12.2. The Bertz CT molecular complexity index is 300. The average Bonchev–Trinajstić information content (AvgIpc) is 2.16. The van der Waals surface area contributed by atoms with Gasteiger partial charge in [0.05, 0.1) is 6.54 Å². The van der Waals surface area contributed by atoms with Crippen molar-refractivity contribution < 1.29 is 27.4 Å². The summed E-state index contributed by atoms with van der Waals surface area (Å²) in [4.78, 5) is 11.6. The van der Waals surface area contributed by atoms with E-state index < -0.39 is 35.0 Å². The number of carboxylic acid groups (broad SMARTS) is 1. The van der Waals surface area contributed by atoms with Gasteiger partial charge in [-0.2, -0.15) is 0 Å². The van der Waals surface area contributed by atoms with Gasteiger partial charge in [-0.3, -0.25) is 0 Å². The number of piperidine rings is 1. The van der Waals surface area contributed by atoms with Crippen LogP contribution in [0.15, 0.2) is 0 Å². The number of thiol groups is 1. The van der Waals surface area contributed by atoms with Crippen molar-refractivity contribution in [1.29, 1.82) is 0 Å². The Morgan fingerprint density at radius 3 is 2.80 bits per heavy atom. The number of alkyl halides is 1. The summed E-state index contributed by atoms with van der Waals surface area (Å²) in [6.07, 6.45) is -3.41. The van der Waals surface area contributed by atoms with Crippen molar-refractivity contribution in [1.82, 2.24) is 4.90 Å². The van der Waals surface area contributed by atoms with Crippen LogP contribution in [0.3, 0.4) is 0 Å². The summed E-state index contributed by atoms with van der Waals surface area (Å²) in [5.74, 6) is -0.576. The standard InChI is InChI=1S/C7H12FNO5S/c8-5-1-2-9(7(10)11)3-6(5)14-4-15(12)13/h5-6,15H,1-4H2,(H,10,11). The van der Waals surface area contributed by atoms with Crippen molar-refractivity contribution in [3.05, 3.63) is 0 Å². The zero-order valence-corrected chi connectivity index (χ0v) is 8.73. The summed E-state index contributed by atoms with van der Waals surface area (Å²) in [6, 6.07) is 0. The Labute approximate surface area is 87.6 Å². The van der Waals surface area contributed by atoms with Gasteiger partial charge in [-0.05, 0) is 6.42 Å². The van der Waals surface area contributed by atoms with Gasteiger partial charge in [0, 0.05) is 6.54 Å². The molecule has 0 spiro atoms. The number of hydrogen-bond acceptors (Lipinski definition) is 4. The van der Waals surface area contributed by atoms with E-state index in [1.165, 1.54) is 0 Å². The van der Waals surface area contributed by atoms with E-state index in [2.05, 4.69) is 0 Å². The summed E-state index contributed by atoms with van der Waals surface area (Å²) in [6.45, 7) is -0.0143. The molecule has 1 saturated heterocycles. The van der Waals surface area contributed by atoms with Crippen LogP contribution < -0.4 is 0 Å². The molecule has 1 N–H and O–H groups in total. The van der Waals surface area contributed by atoms with E-state index in [9.17, 15) is 17.6 Å². The third-order valence-electron chi connectivity index (χ3n) is 2.14. The molecule has 2 atom stereocenters. The first-order chi connectivity index (χ1) is 7.00. The van der Waals surface area contributed by atoms with Gasteiger partial charge in [-0.15, -0.1) is 0 Å². The van der Waals surface area contributed by atoms with Crippen LogP contribution in [-0.4, -0.2) is 55.8 Å². The molecule has 88 valence electrons. The van der Waals surface area contributed by atoms with E-state index in [-0.39, 0.29) is 19.5 Å². The molecule has 1 aliphatic rings. The predicted molar refractivity (Wildman–Crippen MR) is 49.2 cm³/mol. The number of nitrogens with zero attached hydrogens (tertiary/aromatic N) is 1. The molecule has 0 aliphatic carbocycles. The molecule has 0 aromatic heterocycles. The topological polar surface area (TPSA) is 83.9 Å². The molecule has 1 fully saturated rings. The molecule has 6 nitrogen and oxygen atoms in total. The van der Waals surface area contributed by atoms with Crippen LogP contribution in [0.5, 0.6) is 0 Å². The van der Waals surface area contributed by atoms with Crippen LogP contribution >= 0.6 is 0 Å². The SMILES string of the molecule is O=C(O)N1CCC(F)C(OC[SH](=O)=O)C1. The highest BCUT2D eigenvalue weighted by Crippen LogP contribution is 2.17. The van der Waals surface area contributed by atoms with E-state index in [4.69, 9.17) is 9.84 Å². The molecule has 1 heterocycles. The van der Waals surface area contributed by atoms with Crippen molar-refractivity contribution in [3.63, 3.8) is 0 Å². The highest BCUT2D eigenvalue weighted by atomic mass is 32.2. The quantitative estimate of drug-likeness (QED) is 0.660. The maximum absolute atomic E-state index is 13.2. The monoisotopic (exact) mass is 241 g/mol. The lowest BCUT2D eigenvalue weighted by Gasteiger charge is -2.32. The molecule has 1 aliphatic heterocycles. The van der Waals surface area contributed by atoms with Gasteiger partial charge in [0.1, 0.15) is 18.2 Å². The number of hydrogen-bond donors (Lipinski definition) is 2. The van der Waals surface area contributed by atoms with Crippen molar-refractivity contribution in [2.24, 2.45) is 0 Å². The smallest absolute Gasteiger partial charge is 0.407 e. The first-order valence-electron chi connectivity index (χ1n) is 4.36. The summed E-state index contributed by atoms with van der Waals surface area (Å²) in [7, 11) is -2.73. The molecule has 2 unspecified atom stereocenters. The first-order valence-corrected chi connectivity index (χ1v) is 5.72. The Morgan fingerprint density at radius 2 is 2.27 bits per heavy atom. The Balaban J connectivity index is 2.49. The molecular formula is C7H12FNO5S. The number of ether oxygens (including phenoxy) is 1. The van der Waals surface area contributed by atoms with Gasteiger partial charge in [-0.25, -0.2) is 17.6 Å². The second kappa shape index (κ2) is 5.26. The highest BCUT2D eigenvalue weighted by molar-refractivity contribution is 7.72. The molecule has 0 saturated carbocycles. The Kier molecular flexibility index (Phi) is 4.28. The maximum Gasteiger partial charge on any atom is 0.407 e. The fourth-order valence-corrected chi connectivity index (χ4v) is 1.69. The lowest BCUT2D eigenvalue weighted by atomic mass is 10.1. The molecule has 0 bridgehead atoms. The number of rotatable bonds is 3. The summed E-state index contributed by atoms with van der Waals surface area (Å²) in [5.41, 5.74) is 0. The van der Waals surface area contributed by atoms with Crippen LogP contribution in [0.1, 0.15) is 6.42 Å². The van der Waals surface area contributed by atoms with E-state index >= 15 is 0 Å². The zero-order chi connectivity index (χ0) is 11.4. The Morgan fingerprint density at radius 1 is 1.60 bits per heavy atom. The average molecular weight is 241 g/mol. The molecule has 15 heavy (non-hydrogen) atoms. The molecule has 0 aromatic rings. The fourth-order valence-electron chi connectivity index (χ4n) is 1.38. The largest absolute Gasteiger partial charge is 0.465 e. The highest BCUT2D eigenvalue weighted by Gasteiger charge is 2.32. The lowest BCUT2D eigenvalue weighted by Crippen LogP contribution is -2.48. The van der Waals surface area contributed by atoms with Gasteiger partial charge in [0.25, 0.3) is 0 Å². The second-order valence-corrected chi connectivity index (χ2v) is 4.12. The fraction of sp³-hybridized carbons (Fsp3) is 0.857. The third-order valence-corrected chi connectivity index (χ3v) is 2.50. The molecule has 0 aromatic carbocycles. The van der Waals surface area contributed by atoms with Gasteiger partial charge in [-0.1, -0.05) is 0 Å². The summed E-state index contributed by atoms with van der Waals surface area (Å²) >= 11 is 0. The van der Waals surface area contributed by atoms with Crippen LogP contribution in [0.4, 0.5) is 9.18 Å². The van der Waals surface area contributed by atoms with Crippen LogP contribution in [0, 0.1) is 0 Å². The van der Waals surface area contributed by atoms with Gasteiger partial charge in [0.15, 0.2) is 10.7 Å². The third kappa shape index (κ3) is 3.63. The predicted octanol–water partition coefficient (Wildman–Crippen LogP) is -0.338. The van der Waals surface area contributed by atoms with Crippen molar-refractivity contribution in [2.75, 3.05) is 19.0 Å². The van der Waals surface area contributed by atoms with Gasteiger partial charge < -0.3 is 14.7 Å². The van der Waals surface area contributed by atoms with Gasteiger partial charge in [0.2, 0.25) is 0 Å². The minimum atomic E-state index is -2.73. The minimum absolute atomic E-state index is 0.0343. The molecule has 8 heteroatoms. The van der Waals surface area contributed by atoms with E-state index in [1.807, 2.05) is 0 Å². The van der Waals surface area contributed by atoms with Crippen molar-refractivity contribution >= 4 is 16.8 Å². The van der Waals surface area contributed by atoms with E-state index in [1.54, 1.807) is 0 Å². The summed E-state index contributed by atoms with van der Waals surface area (Å²) < 4.78 is 38.4. The summed E-state index contributed by atoms with van der Waals surface area (Å²) in [5, 5.41) is 8.65. The van der Waals surface area contributed by atoms with Crippen LogP contribution in [-0.2, 0) is 15.4 Å². The van der Waals surface area contributed by atoms with Crippen LogP contribution in [0.25, 0.3) is 0 Å². The number of halogens is 1. The normalized spacial score (nSPS) is 26.9.